The predicted molar refractivity (Wildman–Crippen MR) is 123 cm³/mol. The number of amides is 1. The summed E-state index contributed by atoms with van der Waals surface area (Å²) in [7, 11) is -3.66. The van der Waals surface area contributed by atoms with Crippen LogP contribution in [0.15, 0.2) is 64.1 Å². The van der Waals surface area contributed by atoms with Gasteiger partial charge in [0.25, 0.3) is 5.91 Å². The molecule has 0 aliphatic heterocycles. The number of nitrogens with one attached hydrogen (secondary N) is 1. The Kier molecular flexibility index (Phi) is 7.04. The van der Waals surface area contributed by atoms with Crippen molar-refractivity contribution in [2.45, 2.75) is 6.92 Å². The molecule has 0 aliphatic rings. The van der Waals surface area contributed by atoms with E-state index in [4.69, 9.17) is 27.6 Å². The number of hydrogen-bond acceptors (Lipinski definition) is 5. The highest BCUT2D eigenvalue weighted by atomic mass is 35.5. The van der Waals surface area contributed by atoms with Crippen molar-refractivity contribution >= 4 is 51.0 Å². The van der Waals surface area contributed by atoms with E-state index in [1.807, 2.05) is 13.0 Å². The number of benzene rings is 2. The monoisotopic (exact) mass is 479 g/mol. The highest BCUT2D eigenvalue weighted by Gasteiger charge is 2.20. The number of hydrazone groups is 1. The Morgan fingerprint density at radius 1 is 1.16 bits per heavy atom. The molecule has 0 unspecified atom stereocenters. The van der Waals surface area contributed by atoms with Gasteiger partial charge in [0.05, 0.1) is 23.2 Å². The minimum Gasteiger partial charge on any atom is -0.455 e. The molecule has 1 N–H and O–H groups in total. The van der Waals surface area contributed by atoms with E-state index in [-0.39, 0.29) is 0 Å². The van der Waals surface area contributed by atoms with Gasteiger partial charge < -0.3 is 4.42 Å². The molecule has 2 aromatic carbocycles. The smallest absolute Gasteiger partial charge is 0.260 e. The first-order valence-corrected chi connectivity index (χ1v) is 11.7. The predicted octanol–water partition coefficient (Wildman–Crippen LogP) is 4.48. The fourth-order valence-corrected chi connectivity index (χ4v) is 4.12. The maximum absolute atomic E-state index is 12.3. The van der Waals surface area contributed by atoms with Crippen LogP contribution < -0.4 is 9.73 Å². The van der Waals surface area contributed by atoms with E-state index in [1.165, 1.54) is 6.21 Å². The van der Waals surface area contributed by atoms with E-state index in [2.05, 4.69) is 10.5 Å². The van der Waals surface area contributed by atoms with E-state index >= 15 is 0 Å². The lowest BCUT2D eigenvalue weighted by Crippen LogP contribution is -2.39. The van der Waals surface area contributed by atoms with Gasteiger partial charge in [-0.2, -0.15) is 5.10 Å². The molecule has 0 bridgehead atoms. The van der Waals surface area contributed by atoms with Crippen LogP contribution in [0.2, 0.25) is 10.0 Å². The van der Waals surface area contributed by atoms with Gasteiger partial charge in [-0.05, 0) is 55.0 Å². The number of anilines is 1. The van der Waals surface area contributed by atoms with Crippen molar-refractivity contribution in [1.82, 2.24) is 5.43 Å². The highest BCUT2D eigenvalue weighted by molar-refractivity contribution is 7.92. The van der Waals surface area contributed by atoms with Gasteiger partial charge in [0.1, 0.15) is 18.1 Å². The van der Waals surface area contributed by atoms with Crippen LogP contribution in [-0.4, -0.2) is 33.3 Å². The summed E-state index contributed by atoms with van der Waals surface area (Å²) in [5.41, 5.74) is 4.24. The summed E-state index contributed by atoms with van der Waals surface area (Å²) in [4.78, 5) is 12.3. The van der Waals surface area contributed by atoms with Crippen molar-refractivity contribution in [3.63, 3.8) is 0 Å². The van der Waals surface area contributed by atoms with Gasteiger partial charge in [-0.3, -0.25) is 9.10 Å². The van der Waals surface area contributed by atoms with E-state index in [9.17, 15) is 13.2 Å². The van der Waals surface area contributed by atoms with Crippen molar-refractivity contribution < 1.29 is 17.6 Å². The summed E-state index contributed by atoms with van der Waals surface area (Å²) in [6.45, 7) is 1.42. The second-order valence-corrected chi connectivity index (χ2v) is 9.48. The van der Waals surface area contributed by atoms with E-state index in [1.54, 1.807) is 48.5 Å². The van der Waals surface area contributed by atoms with Gasteiger partial charge in [0, 0.05) is 10.6 Å². The Morgan fingerprint density at radius 3 is 2.61 bits per heavy atom. The lowest BCUT2D eigenvalue weighted by Gasteiger charge is -2.21. The molecule has 1 heterocycles. The van der Waals surface area contributed by atoms with Crippen LogP contribution in [0.3, 0.4) is 0 Å². The van der Waals surface area contributed by atoms with Crippen LogP contribution in [0.4, 0.5) is 5.69 Å². The Labute approximate surface area is 190 Å². The number of rotatable bonds is 7. The van der Waals surface area contributed by atoms with Crippen LogP contribution in [0.1, 0.15) is 11.3 Å². The van der Waals surface area contributed by atoms with Crippen molar-refractivity contribution in [1.29, 1.82) is 0 Å². The van der Waals surface area contributed by atoms with E-state index < -0.39 is 22.5 Å². The first-order valence-electron chi connectivity index (χ1n) is 9.05. The molecule has 0 aliphatic carbocycles. The summed E-state index contributed by atoms with van der Waals surface area (Å²) < 4.78 is 30.9. The van der Waals surface area contributed by atoms with Crippen molar-refractivity contribution in [3.05, 3.63) is 76.0 Å². The number of nitrogens with zero attached hydrogens (tertiary/aromatic N) is 2. The second-order valence-electron chi connectivity index (χ2n) is 6.73. The zero-order chi connectivity index (χ0) is 22.6. The van der Waals surface area contributed by atoms with Gasteiger partial charge >= 0.3 is 0 Å². The third-order valence-electron chi connectivity index (χ3n) is 4.18. The molecule has 7 nitrogen and oxygen atoms in total. The minimum atomic E-state index is -3.66. The normalized spacial score (nSPS) is 11.6. The number of aryl methyl sites for hydroxylation is 1. The van der Waals surface area contributed by atoms with Crippen LogP contribution in [0, 0.1) is 6.92 Å². The van der Waals surface area contributed by atoms with Gasteiger partial charge in [-0.1, -0.05) is 35.3 Å². The summed E-state index contributed by atoms with van der Waals surface area (Å²) in [5, 5.41) is 4.79. The lowest BCUT2D eigenvalue weighted by molar-refractivity contribution is -0.119. The third-order valence-corrected chi connectivity index (χ3v) is 5.87. The quantitative estimate of drug-likeness (QED) is 0.399. The van der Waals surface area contributed by atoms with E-state index in [0.717, 1.165) is 16.1 Å². The largest absolute Gasteiger partial charge is 0.455 e. The SMILES string of the molecule is Cc1cccc(N(CC(=O)N/N=C\c2ccc(-c3ccc(Cl)cc3Cl)o2)S(C)(=O)=O)c1. The van der Waals surface area contributed by atoms with Gasteiger partial charge in [-0.15, -0.1) is 0 Å². The van der Waals surface area contributed by atoms with Crippen molar-refractivity contribution in [3.8, 4) is 11.3 Å². The number of furan rings is 1. The molecule has 3 rings (SSSR count). The number of halogens is 2. The van der Waals surface area contributed by atoms with Crippen LogP contribution in [0.5, 0.6) is 0 Å². The molecule has 0 radical (unpaired) electrons. The topological polar surface area (TPSA) is 92.0 Å². The van der Waals surface area contributed by atoms with Crippen molar-refractivity contribution in [2.75, 3.05) is 17.1 Å². The fraction of sp³-hybridized carbons (Fsp3) is 0.143. The first kappa shape index (κ1) is 22.9. The molecule has 162 valence electrons. The molecule has 3 aromatic rings. The Morgan fingerprint density at radius 2 is 1.94 bits per heavy atom. The Hall–Kier alpha value is -2.81. The maximum Gasteiger partial charge on any atom is 0.260 e. The summed E-state index contributed by atoms with van der Waals surface area (Å²) in [6, 6.07) is 15.3. The molecule has 0 saturated carbocycles. The van der Waals surface area contributed by atoms with E-state index in [0.29, 0.717) is 32.8 Å². The third kappa shape index (κ3) is 6.10. The molecule has 0 spiro atoms. The molecule has 0 atom stereocenters. The molecule has 31 heavy (non-hydrogen) atoms. The molecule has 1 amide bonds. The molecule has 0 saturated heterocycles. The van der Waals surface area contributed by atoms with Gasteiger partial charge in [-0.25, -0.2) is 13.8 Å². The fourth-order valence-electron chi connectivity index (χ4n) is 2.77. The number of carbonyl (C=O) groups excluding carboxylic acids is 1. The Bertz CT molecular complexity index is 1240. The Balaban J connectivity index is 1.67. The van der Waals surface area contributed by atoms with Crippen LogP contribution in [-0.2, 0) is 14.8 Å². The number of hydrogen-bond donors (Lipinski definition) is 1. The summed E-state index contributed by atoms with van der Waals surface area (Å²) >= 11 is 12.1. The maximum atomic E-state index is 12.3. The number of carbonyl (C=O) groups is 1. The zero-order valence-electron chi connectivity index (χ0n) is 16.7. The molecule has 0 fully saturated rings. The first-order chi connectivity index (χ1) is 14.6. The molecule has 1 aromatic heterocycles. The summed E-state index contributed by atoms with van der Waals surface area (Å²) in [6.07, 6.45) is 2.35. The standard InChI is InChI=1S/C21H19Cl2N3O4S/c1-14-4-3-5-16(10-14)26(31(2,28)29)13-21(27)25-24-12-17-7-9-20(30-17)18-8-6-15(22)11-19(18)23/h3-12H,13H2,1-2H3,(H,25,27)/b24-12-. The second kappa shape index (κ2) is 9.55. The van der Waals surface area contributed by atoms with Gasteiger partial charge in [0.15, 0.2) is 0 Å². The van der Waals surface area contributed by atoms with Gasteiger partial charge in [0.2, 0.25) is 10.0 Å². The summed E-state index contributed by atoms with van der Waals surface area (Å²) in [5.74, 6) is 0.285. The average molecular weight is 480 g/mol. The minimum absolute atomic E-state index is 0.375. The lowest BCUT2D eigenvalue weighted by atomic mass is 10.2. The molecular formula is C21H19Cl2N3O4S. The zero-order valence-corrected chi connectivity index (χ0v) is 19.0. The molecule has 10 heteroatoms. The highest BCUT2D eigenvalue weighted by Crippen LogP contribution is 2.31. The average Bonchev–Trinajstić information content (AvgIpc) is 3.13. The number of sulfonamides is 1. The van der Waals surface area contributed by atoms with Crippen molar-refractivity contribution in [2.24, 2.45) is 5.10 Å². The van der Waals surface area contributed by atoms with Crippen LogP contribution in [0.25, 0.3) is 11.3 Å². The van der Waals surface area contributed by atoms with Crippen LogP contribution >= 0.6 is 23.2 Å². The molecular weight excluding hydrogens is 461 g/mol.